The van der Waals surface area contributed by atoms with Gasteiger partial charge in [0.2, 0.25) is 0 Å². The van der Waals surface area contributed by atoms with Crippen molar-refractivity contribution in [3.8, 4) is 0 Å². The fraction of sp³-hybridized carbons (Fsp3) is 1.00. The Morgan fingerprint density at radius 2 is 0.857 bits per heavy atom. The summed E-state index contributed by atoms with van der Waals surface area (Å²) in [4.78, 5) is 0. The molecule has 1 rings (SSSR count). The van der Waals surface area contributed by atoms with Gasteiger partial charge in [-0.25, -0.2) is 0 Å². The first-order valence-electron chi connectivity index (χ1n) is 2.88. The third kappa shape index (κ3) is 4.14. The fourth-order valence-corrected chi connectivity index (χ4v) is 0.884. The minimum atomic E-state index is 1.47. The van der Waals surface area contributed by atoms with Crippen LogP contribution in [0.3, 0.4) is 0 Å². The second kappa shape index (κ2) is 6.29. The van der Waals surface area contributed by atoms with Crippen LogP contribution < -0.4 is 0 Å². The normalized spacial score (nSPS) is 18.0. The zero-order valence-electron chi connectivity index (χ0n) is 4.91. The van der Waals surface area contributed by atoms with E-state index in [4.69, 9.17) is 0 Å². The lowest BCUT2D eigenvalue weighted by Crippen LogP contribution is -1.47. The van der Waals surface area contributed by atoms with Gasteiger partial charge in [-0.05, 0) is 0 Å². The van der Waals surface area contributed by atoms with E-state index in [2.05, 4.69) is 11.6 Å². The molecule has 0 amide bonds. The van der Waals surface area contributed by atoms with Gasteiger partial charge in [-0.15, -0.1) is 11.6 Å². The predicted molar refractivity (Wildman–Crippen MR) is 34.9 cm³/mol. The van der Waals surface area contributed by atoms with Crippen molar-refractivity contribution in [3.05, 3.63) is 0 Å². The average Bonchev–Trinajstić information content (AvgIpc) is 2.23. The van der Waals surface area contributed by atoms with Gasteiger partial charge in [0.15, 0.2) is 0 Å². The van der Waals surface area contributed by atoms with Gasteiger partial charge in [0.25, 0.3) is 0 Å². The molecule has 0 saturated heterocycles. The van der Waals surface area contributed by atoms with Gasteiger partial charge in [-0.3, -0.25) is 0 Å². The quantitative estimate of drug-likeness (QED) is 0.432. The molecule has 0 aromatic rings. The van der Waals surface area contributed by atoms with Crippen LogP contribution in [0.1, 0.15) is 32.1 Å². The third-order valence-corrected chi connectivity index (χ3v) is 1.25. The average molecular weight is 121 g/mol. The summed E-state index contributed by atoms with van der Waals surface area (Å²) in [6.45, 7) is 0. The van der Waals surface area contributed by atoms with Crippen LogP contribution in [-0.2, 0) is 0 Å². The van der Waals surface area contributed by atoms with Gasteiger partial charge in [-0.1, -0.05) is 32.1 Å². The molecular formula is C6H13Cl. The smallest absolute Gasteiger partial charge is 0.0108 e. The van der Waals surface area contributed by atoms with Crippen molar-refractivity contribution in [2.45, 2.75) is 32.1 Å². The largest absolute Gasteiger partial charge is 0.130 e. The molecular weight excluding hydrogens is 108 g/mol. The molecule has 0 radical (unpaired) electrons. The zero-order chi connectivity index (χ0) is 5.54. The third-order valence-electron chi connectivity index (χ3n) is 1.25. The van der Waals surface area contributed by atoms with Crippen LogP contribution in [0.2, 0.25) is 0 Å². The molecule has 1 fully saturated rings. The first kappa shape index (κ1) is 7.29. The van der Waals surface area contributed by atoms with Crippen LogP contribution in [0.4, 0.5) is 0 Å². The number of hydrogen-bond acceptors (Lipinski definition) is 0. The van der Waals surface area contributed by atoms with Gasteiger partial charge < -0.3 is 0 Å². The van der Waals surface area contributed by atoms with E-state index in [0.717, 1.165) is 0 Å². The topological polar surface area (TPSA) is 0 Å². The molecule has 0 bridgehead atoms. The van der Waals surface area contributed by atoms with Crippen LogP contribution in [0, 0.1) is 0 Å². The van der Waals surface area contributed by atoms with E-state index in [0.29, 0.717) is 0 Å². The number of alkyl halides is 1. The Kier molecular flexibility index (Phi) is 6.55. The fourth-order valence-electron chi connectivity index (χ4n) is 0.884. The summed E-state index contributed by atoms with van der Waals surface area (Å²) in [5.74, 6) is 0. The summed E-state index contributed by atoms with van der Waals surface area (Å²) in [7, 11) is 0. The van der Waals surface area contributed by atoms with Crippen LogP contribution in [-0.4, -0.2) is 6.38 Å². The van der Waals surface area contributed by atoms with E-state index in [9.17, 15) is 0 Å². The summed E-state index contributed by atoms with van der Waals surface area (Å²) < 4.78 is 0. The van der Waals surface area contributed by atoms with Crippen molar-refractivity contribution in [1.82, 2.24) is 0 Å². The molecule has 0 aromatic carbocycles. The maximum absolute atomic E-state index is 4.64. The van der Waals surface area contributed by atoms with Gasteiger partial charge in [-0.2, -0.15) is 0 Å². The molecule has 1 saturated carbocycles. The highest BCUT2D eigenvalue weighted by molar-refractivity contribution is 6.15. The molecule has 0 N–H and O–H groups in total. The van der Waals surface area contributed by atoms with Crippen molar-refractivity contribution in [3.63, 3.8) is 0 Å². The highest BCUT2D eigenvalue weighted by Crippen LogP contribution is 2.15. The molecule has 0 unspecified atom stereocenters. The van der Waals surface area contributed by atoms with Gasteiger partial charge in [0.1, 0.15) is 0 Å². The summed E-state index contributed by atoms with van der Waals surface area (Å²) in [6.07, 6.45) is 8.97. The highest BCUT2D eigenvalue weighted by Gasteiger charge is 1.95. The SMILES string of the molecule is C1CCCC1.CCl. The molecule has 1 aliphatic rings. The Bertz CT molecular complexity index is 15.8. The summed E-state index contributed by atoms with van der Waals surface area (Å²) in [6, 6.07) is 0. The first-order chi connectivity index (χ1) is 3.50. The second-order valence-corrected chi connectivity index (χ2v) is 1.77. The molecule has 0 nitrogen and oxygen atoms in total. The van der Waals surface area contributed by atoms with Crippen molar-refractivity contribution in [1.29, 1.82) is 0 Å². The molecule has 0 heterocycles. The van der Waals surface area contributed by atoms with Crippen LogP contribution in [0.5, 0.6) is 0 Å². The van der Waals surface area contributed by atoms with E-state index >= 15 is 0 Å². The summed E-state index contributed by atoms with van der Waals surface area (Å²) in [5, 5.41) is 0. The highest BCUT2D eigenvalue weighted by atomic mass is 35.5. The van der Waals surface area contributed by atoms with Crippen molar-refractivity contribution in [2.24, 2.45) is 0 Å². The summed E-state index contributed by atoms with van der Waals surface area (Å²) >= 11 is 4.64. The second-order valence-electron chi connectivity index (χ2n) is 1.77. The minimum absolute atomic E-state index is 1.47. The van der Waals surface area contributed by atoms with E-state index < -0.39 is 0 Å². The van der Waals surface area contributed by atoms with E-state index in [1.54, 1.807) is 0 Å². The minimum Gasteiger partial charge on any atom is -0.130 e. The molecule has 0 atom stereocenters. The molecule has 1 aliphatic carbocycles. The Hall–Kier alpha value is 0.290. The van der Waals surface area contributed by atoms with E-state index in [1.807, 2.05) is 0 Å². The lowest BCUT2D eigenvalue weighted by molar-refractivity contribution is 0.886. The Morgan fingerprint density at radius 1 is 0.714 bits per heavy atom. The first-order valence-corrected chi connectivity index (χ1v) is 3.63. The molecule has 0 aromatic heterocycles. The molecule has 1 heteroatoms. The standard InChI is InChI=1S/C5H10.CH3Cl/c1-2-4-5-3-1;1-2/h1-5H2;1H3. The molecule has 7 heavy (non-hydrogen) atoms. The Morgan fingerprint density at radius 3 is 1.00 bits per heavy atom. The van der Waals surface area contributed by atoms with Gasteiger partial charge >= 0.3 is 0 Å². The Balaban J connectivity index is 0.000000162. The van der Waals surface area contributed by atoms with Gasteiger partial charge in [0.05, 0.1) is 0 Å². The molecule has 44 valence electrons. The number of rotatable bonds is 0. The van der Waals surface area contributed by atoms with Gasteiger partial charge in [0, 0.05) is 6.38 Å². The maximum Gasteiger partial charge on any atom is 0.0108 e. The van der Waals surface area contributed by atoms with Crippen LogP contribution >= 0.6 is 11.6 Å². The Labute approximate surface area is 50.9 Å². The van der Waals surface area contributed by atoms with Crippen molar-refractivity contribution in [2.75, 3.05) is 6.38 Å². The number of halogens is 1. The van der Waals surface area contributed by atoms with E-state index in [1.165, 1.54) is 38.5 Å². The predicted octanol–water partition coefficient (Wildman–Crippen LogP) is 2.81. The van der Waals surface area contributed by atoms with Crippen LogP contribution in [0.25, 0.3) is 0 Å². The molecule has 0 aliphatic heterocycles. The van der Waals surface area contributed by atoms with Crippen LogP contribution in [0.15, 0.2) is 0 Å². The number of hydrogen-bond donors (Lipinski definition) is 0. The van der Waals surface area contributed by atoms with Crippen molar-refractivity contribution < 1.29 is 0 Å². The monoisotopic (exact) mass is 120 g/mol. The lowest BCUT2D eigenvalue weighted by Gasteiger charge is -1.67. The molecule has 0 spiro atoms. The van der Waals surface area contributed by atoms with Crippen molar-refractivity contribution >= 4 is 11.6 Å². The maximum atomic E-state index is 4.64. The zero-order valence-corrected chi connectivity index (χ0v) is 5.67. The summed E-state index contributed by atoms with van der Waals surface area (Å²) in [5.41, 5.74) is 0. The van der Waals surface area contributed by atoms with E-state index in [-0.39, 0.29) is 0 Å². The lowest BCUT2D eigenvalue weighted by atomic mass is 10.4.